The van der Waals surface area contributed by atoms with Gasteiger partial charge < -0.3 is 19.1 Å². The molecule has 178 valence electrons. The van der Waals surface area contributed by atoms with Crippen molar-refractivity contribution in [1.82, 2.24) is 19.6 Å². The van der Waals surface area contributed by atoms with Gasteiger partial charge >= 0.3 is 6.01 Å². The Hall–Kier alpha value is -3.33. The second-order valence-electron chi connectivity index (χ2n) is 8.29. The molecule has 0 bridgehead atoms. The third kappa shape index (κ3) is 5.59. The van der Waals surface area contributed by atoms with Gasteiger partial charge in [-0.15, -0.1) is 5.10 Å². The van der Waals surface area contributed by atoms with Crippen molar-refractivity contribution in [2.75, 3.05) is 25.7 Å². The smallest absolute Gasteiger partial charge is 0.336 e. The van der Waals surface area contributed by atoms with E-state index in [2.05, 4.69) is 69.0 Å². The Morgan fingerprint density at radius 3 is 1.97 bits per heavy atom. The van der Waals surface area contributed by atoms with Gasteiger partial charge in [-0.3, -0.25) is 0 Å². The summed E-state index contributed by atoms with van der Waals surface area (Å²) in [6.45, 7) is 5.92. The van der Waals surface area contributed by atoms with E-state index in [0.29, 0.717) is 43.1 Å². The van der Waals surface area contributed by atoms with Crippen LogP contribution in [0.4, 0.5) is 5.82 Å². The van der Waals surface area contributed by atoms with Crippen molar-refractivity contribution in [3.05, 3.63) is 70.5 Å². The SMILES string of the molecule is COc1ccc(CN(Cc2ccc(OC)cc2)c2nc(OCC(C)C)nn3c(Br)cnc23)cc1. The lowest BCUT2D eigenvalue weighted by atomic mass is 10.1. The number of hydrogen-bond acceptors (Lipinski definition) is 7. The van der Waals surface area contributed by atoms with E-state index in [1.54, 1.807) is 24.9 Å². The molecule has 2 aromatic heterocycles. The van der Waals surface area contributed by atoms with Crippen molar-refractivity contribution in [3.63, 3.8) is 0 Å². The fourth-order valence-electron chi connectivity index (χ4n) is 3.44. The number of nitrogens with zero attached hydrogens (tertiary/aromatic N) is 5. The summed E-state index contributed by atoms with van der Waals surface area (Å²) in [7, 11) is 3.33. The Balaban J connectivity index is 1.75. The van der Waals surface area contributed by atoms with Crippen molar-refractivity contribution in [2.45, 2.75) is 26.9 Å². The van der Waals surface area contributed by atoms with E-state index < -0.39 is 0 Å². The molecule has 2 aromatic carbocycles. The molecule has 0 aliphatic rings. The van der Waals surface area contributed by atoms with Crippen molar-refractivity contribution in [2.24, 2.45) is 5.92 Å². The number of aromatic nitrogens is 4. The van der Waals surface area contributed by atoms with E-state index in [1.807, 2.05) is 24.3 Å². The number of anilines is 1. The fourth-order valence-corrected chi connectivity index (χ4v) is 3.79. The van der Waals surface area contributed by atoms with Crippen LogP contribution in [0.1, 0.15) is 25.0 Å². The van der Waals surface area contributed by atoms with Crippen LogP contribution in [0.3, 0.4) is 0 Å². The minimum atomic E-state index is 0.310. The minimum absolute atomic E-state index is 0.310. The molecule has 34 heavy (non-hydrogen) atoms. The zero-order chi connectivity index (χ0) is 24.1. The second kappa shape index (κ2) is 10.7. The quantitative estimate of drug-likeness (QED) is 0.283. The normalized spacial score (nSPS) is 11.1. The van der Waals surface area contributed by atoms with E-state index in [0.717, 1.165) is 27.2 Å². The van der Waals surface area contributed by atoms with Crippen LogP contribution >= 0.6 is 15.9 Å². The number of rotatable bonds is 10. The minimum Gasteiger partial charge on any atom is -0.497 e. The number of ether oxygens (including phenoxy) is 3. The molecule has 0 saturated carbocycles. The monoisotopic (exact) mass is 525 g/mol. The van der Waals surface area contributed by atoms with Gasteiger partial charge in [0, 0.05) is 13.1 Å². The molecule has 4 rings (SSSR count). The second-order valence-corrected chi connectivity index (χ2v) is 9.10. The summed E-state index contributed by atoms with van der Waals surface area (Å²) in [5.74, 6) is 2.67. The summed E-state index contributed by atoms with van der Waals surface area (Å²) in [5.41, 5.74) is 2.87. The zero-order valence-electron chi connectivity index (χ0n) is 19.7. The molecule has 0 aliphatic carbocycles. The lowest BCUT2D eigenvalue weighted by Crippen LogP contribution is -2.25. The highest BCUT2D eigenvalue weighted by molar-refractivity contribution is 9.10. The number of methoxy groups -OCH3 is 2. The van der Waals surface area contributed by atoms with Crippen molar-refractivity contribution in [3.8, 4) is 17.5 Å². The van der Waals surface area contributed by atoms with E-state index in [4.69, 9.17) is 19.2 Å². The van der Waals surface area contributed by atoms with Crippen molar-refractivity contribution >= 4 is 27.4 Å². The topological polar surface area (TPSA) is 74.0 Å². The molecule has 4 aromatic rings. The summed E-state index contributed by atoms with van der Waals surface area (Å²) < 4.78 is 19.0. The van der Waals surface area contributed by atoms with Gasteiger partial charge in [0.05, 0.1) is 27.0 Å². The number of benzene rings is 2. The average Bonchev–Trinajstić information content (AvgIpc) is 3.23. The molecule has 0 radical (unpaired) electrons. The molecule has 8 nitrogen and oxygen atoms in total. The van der Waals surface area contributed by atoms with Crippen LogP contribution in [0.15, 0.2) is 59.3 Å². The Morgan fingerprint density at radius 2 is 1.47 bits per heavy atom. The highest BCUT2D eigenvalue weighted by Crippen LogP contribution is 2.27. The lowest BCUT2D eigenvalue weighted by molar-refractivity contribution is 0.247. The van der Waals surface area contributed by atoms with Crippen molar-refractivity contribution in [1.29, 1.82) is 0 Å². The van der Waals surface area contributed by atoms with Gasteiger partial charge in [-0.05, 0) is 57.2 Å². The van der Waals surface area contributed by atoms with Gasteiger partial charge in [0.15, 0.2) is 11.5 Å². The van der Waals surface area contributed by atoms with E-state index in [1.165, 1.54) is 0 Å². The van der Waals surface area contributed by atoms with Gasteiger partial charge in [-0.1, -0.05) is 38.1 Å². The largest absolute Gasteiger partial charge is 0.497 e. The fraction of sp³-hybridized carbons (Fsp3) is 0.320. The van der Waals surface area contributed by atoms with E-state index in [9.17, 15) is 0 Å². The van der Waals surface area contributed by atoms with Crippen molar-refractivity contribution < 1.29 is 14.2 Å². The van der Waals surface area contributed by atoms with E-state index in [-0.39, 0.29) is 0 Å². The first-order chi connectivity index (χ1) is 16.5. The first-order valence-electron chi connectivity index (χ1n) is 11.0. The Morgan fingerprint density at radius 1 is 0.912 bits per heavy atom. The maximum Gasteiger partial charge on any atom is 0.336 e. The molecule has 0 spiro atoms. The highest BCUT2D eigenvalue weighted by Gasteiger charge is 2.20. The molecule has 0 unspecified atom stereocenters. The van der Waals surface area contributed by atoms with Gasteiger partial charge in [-0.2, -0.15) is 9.50 Å². The highest BCUT2D eigenvalue weighted by atomic mass is 79.9. The predicted molar refractivity (Wildman–Crippen MR) is 135 cm³/mol. The molecule has 2 heterocycles. The predicted octanol–water partition coefficient (Wildman–Crippen LogP) is 5.15. The molecular weight excluding hydrogens is 498 g/mol. The summed E-state index contributed by atoms with van der Waals surface area (Å²) in [5, 5.41) is 4.52. The first kappa shape index (κ1) is 23.8. The maximum absolute atomic E-state index is 5.90. The maximum atomic E-state index is 5.90. The lowest BCUT2D eigenvalue weighted by Gasteiger charge is -2.25. The van der Waals surface area contributed by atoms with Crippen LogP contribution in [0.2, 0.25) is 0 Å². The average molecular weight is 526 g/mol. The number of halogens is 1. The van der Waals surface area contributed by atoms with Crippen LogP contribution in [-0.4, -0.2) is 40.4 Å². The first-order valence-corrected chi connectivity index (χ1v) is 11.8. The zero-order valence-corrected chi connectivity index (χ0v) is 21.3. The van der Waals surface area contributed by atoms with Crippen LogP contribution in [-0.2, 0) is 13.1 Å². The summed E-state index contributed by atoms with van der Waals surface area (Å²) in [6, 6.07) is 16.3. The molecule has 0 fully saturated rings. The van der Waals surface area contributed by atoms with Gasteiger partial charge in [0.25, 0.3) is 0 Å². The Bertz CT molecular complexity index is 1180. The summed E-state index contributed by atoms with van der Waals surface area (Å²) in [4.78, 5) is 11.5. The summed E-state index contributed by atoms with van der Waals surface area (Å²) in [6.07, 6.45) is 1.72. The molecule has 9 heteroatoms. The van der Waals surface area contributed by atoms with Gasteiger partial charge in [-0.25, -0.2) is 4.98 Å². The molecule has 0 saturated heterocycles. The molecule has 0 amide bonds. The standard InChI is InChI=1S/C25H28BrN5O3/c1-17(2)16-34-25-28-24(23-27-13-22(26)31(23)29-25)30(14-18-5-9-20(32-3)10-6-18)15-19-7-11-21(33-4)12-8-19/h5-13,17H,14-16H2,1-4H3. The number of hydrogen-bond donors (Lipinski definition) is 0. The molecule has 0 atom stereocenters. The molecule has 0 N–H and O–H groups in total. The van der Waals surface area contributed by atoms with Gasteiger partial charge in [0.2, 0.25) is 0 Å². The third-order valence-electron chi connectivity index (χ3n) is 5.19. The van der Waals surface area contributed by atoms with Crippen LogP contribution in [0.5, 0.6) is 17.5 Å². The Labute approximate surface area is 207 Å². The van der Waals surface area contributed by atoms with Crippen LogP contribution < -0.4 is 19.1 Å². The number of imidazole rings is 1. The molecule has 0 aliphatic heterocycles. The Kier molecular flexibility index (Phi) is 7.52. The van der Waals surface area contributed by atoms with Gasteiger partial charge in [0.1, 0.15) is 16.1 Å². The van der Waals surface area contributed by atoms with Crippen LogP contribution in [0, 0.1) is 5.92 Å². The number of fused-ring (bicyclic) bond motifs is 1. The third-order valence-corrected chi connectivity index (χ3v) is 5.73. The molecular formula is C25H28BrN5O3. The van der Waals surface area contributed by atoms with E-state index >= 15 is 0 Å². The van der Waals surface area contributed by atoms with Crippen LogP contribution in [0.25, 0.3) is 5.65 Å². The summed E-state index contributed by atoms with van der Waals surface area (Å²) >= 11 is 3.54.